The predicted octanol–water partition coefficient (Wildman–Crippen LogP) is 3.91. The lowest BCUT2D eigenvalue weighted by molar-refractivity contribution is -0.125. The van der Waals surface area contributed by atoms with Crippen LogP contribution in [-0.2, 0) is 4.79 Å². The van der Waals surface area contributed by atoms with E-state index in [2.05, 4.69) is 25.5 Å². The average Bonchev–Trinajstić information content (AvgIpc) is 3.35. The van der Waals surface area contributed by atoms with Crippen molar-refractivity contribution in [1.29, 1.82) is 0 Å². The zero-order chi connectivity index (χ0) is 21.9. The van der Waals surface area contributed by atoms with Gasteiger partial charge in [0.25, 0.3) is 5.91 Å². The van der Waals surface area contributed by atoms with Gasteiger partial charge in [-0.25, -0.2) is 4.98 Å². The Hall–Kier alpha value is -3.81. The van der Waals surface area contributed by atoms with Crippen LogP contribution in [0.1, 0.15) is 18.5 Å². The largest absolute Gasteiger partial charge is 0.485 e. The summed E-state index contributed by atoms with van der Waals surface area (Å²) >= 11 is 0. The zero-order valence-electron chi connectivity index (χ0n) is 17.9. The molecule has 3 heterocycles. The van der Waals surface area contributed by atoms with Gasteiger partial charge in [0.1, 0.15) is 12.4 Å². The fourth-order valence-corrected chi connectivity index (χ4v) is 3.83. The van der Waals surface area contributed by atoms with Gasteiger partial charge in [-0.15, -0.1) is 0 Å². The Balaban J connectivity index is 1.22. The van der Waals surface area contributed by atoms with E-state index in [0.29, 0.717) is 17.2 Å². The molecule has 32 heavy (non-hydrogen) atoms. The number of hydrogen-bond acceptors (Lipinski definition) is 7. The van der Waals surface area contributed by atoms with Gasteiger partial charge in [0.2, 0.25) is 12.1 Å². The molecular weight excluding hydrogens is 406 g/mol. The summed E-state index contributed by atoms with van der Waals surface area (Å²) in [5.41, 5.74) is 2.48. The Kier molecular flexibility index (Phi) is 5.49. The Labute approximate surface area is 186 Å². The second-order valence-corrected chi connectivity index (χ2v) is 7.94. The fraction of sp³-hybridized carbons (Fsp3) is 0.292. The molecule has 164 valence electrons. The Morgan fingerprint density at radius 1 is 1.00 bits per heavy atom. The Morgan fingerprint density at radius 3 is 2.50 bits per heavy atom. The summed E-state index contributed by atoms with van der Waals surface area (Å²) < 4.78 is 11.4. The van der Waals surface area contributed by atoms with E-state index in [-0.39, 0.29) is 12.5 Å². The maximum Gasteiger partial charge on any atom is 0.269 e. The van der Waals surface area contributed by atoms with E-state index in [4.69, 9.17) is 9.47 Å². The minimum absolute atomic E-state index is 0.175. The number of carbonyl (C=O) groups is 1. The second-order valence-electron chi connectivity index (χ2n) is 7.94. The molecule has 2 N–H and O–H groups in total. The van der Waals surface area contributed by atoms with Crippen molar-refractivity contribution in [3.63, 3.8) is 0 Å². The summed E-state index contributed by atoms with van der Waals surface area (Å²) in [5, 5.41) is 6.21. The number of hydrogen-bond donors (Lipinski definition) is 2. The fourth-order valence-electron chi connectivity index (χ4n) is 3.83. The molecule has 1 amide bonds. The van der Waals surface area contributed by atoms with Crippen LogP contribution in [0.4, 0.5) is 23.1 Å². The number of aryl methyl sites for hydroxylation is 1. The van der Waals surface area contributed by atoms with Crippen LogP contribution in [0.15, 0.2) is 54.6 Å². The van der Waals surface area contributed by atoms with Gasteiger partial charge in [-0.3, -0.25) is 4.79 Å². The van der Waals surface area contributed by atoms with E-state index in [9.17, 15) is 4.79 Å². The molecule has 1 saturated heterocycles. The van der Waals surface area contributed by atoms with Crippen LogP contribution in [-0.4, -0.2) is 41.7 Å². The van der Waals surface area contributed by atoms with Gasteiger partial charge in [-0.2, -0.15) is 4.98 Å². The topological polar surface area (TPSA) is 88.6 Å². The van der Waals surface area contributed by atoms with Crippen LogP contribution in [0.5, 0.6) is 11.5 Å². The van der Waals surface area contributed by atoms with Crippen molar-refractivity contribution in [3.8, 4) is 11.5 Å². The van der Waals surface area contributed by atoms with Crippen molar-refractivity contribution in [3.05, 3.63) is 60.3 Å². The highest BCUT2D eigenvalue weighted by Crippen LogP contribution is 2.31. The number of amides is 1. The van der Waals surface area contributed by atoms with Crippen LogP contribution in [0, 0.1) is 6.92 Å². The molecule has 0 bridgehead atoms. The maximum atomic E-state index is 12.6. The van der Waals surface area contributed by atoms with Gasteiger partial charge >= 0.3 is 0 Å². The Morgan fingerprint density at radius 2 is 1.72 bits per heavy atom. The number of anilines is 4. The lowest BCUT2D eigenvalue weighted by Gasteiger charge is -2.25. The standard InChI is InChI=1S/C24H25N5O3/c1-16-14-22(28-24(25-16)29-12-4-5-13-29)26-17-8-10-18(11-9-17)27-23(30)21-15-31-19-6-2-3-7-20(19)32-21/h2-3,6-11,14,21H,4-5,12-13,15H2,1H3,(H,27,30)(H,25,26,28). The summed E-state index contributed by atoms with van der Waals surface area (Å²) in [4.78, 5) is 24.0. The third-order valence-corrected chi connectivity index (χ3v) is 5.46. The summed E-state index contributed by atoms with van der Waals surface area (Å²) in [6.45, 7) is 4.15. The van der Waals surface area contributed by atoms with Crippen LogP contribution in [0.3, 0.4) is 0 Å². The van der Waals surface area contributed by atoms with Gasteiger partial charge in [0, 0.05) is 36.2 Å². The molecule has 2 aromatic carbocycles. The van der Waals surface area contributed by atoms with E-state index < -0.39 is 6.10 Å². The minimum Gasteiger partial charge on any atom is -0.485 e. The van der Waals surface area contributed by atoms with Crippen molar-refractivity contribution in [1.82, 2.24) is 9.97 Å². The number of nitrogens with zero attached hydrogens (tertiary/aromatic N) is 3. The lowest BCUT2D eigenvalue weighted by Crippen LogP contribution is -2.40. The highest BCUT2D eigenvalue weighted by Gasteiger charge is 2.27. The highest BCUT2D eigenvalue weighted by atomic mass is 16.6. The molecule has 2 aliphatic heterocycles. The quantitative estimate of drug-likeness (QED) is 0.633. The van der Waals surface area contributed by atoms with Crippen molar-refractivity contribution in [2.75, 3.05) is 35.2 Å². The highest BCUT2D eigenvalue weighted by molar-refractivity contribution is 5.95. The molecule has 0 saturated carbocycles. The number of nitrogens with one attached hydrogen (secondary N) is 2. The van der Waals surface area contributed by atoms with Gasteiger partial charge < -0.3 is 25.0 Å². The first-order valence-corrected chi connectivity index (χ1v) is 10.8. The predicted molar refractivity (Wildman–Crippen MR) is 123 cm³/mol. The zero-order valence-corrected chi connectivity index (χ0v) is 17.9. The monoisotopic (exact) mass is 431 g/mol. The molecule has 5 rings (SSSR count). The van der Waals surface area contributed by atoms with Gasteiger partial charge in [0.05, 0.1) is 0 Å². The third kappa shape index (κ3) is 4.44. The lowest BCUT2D eigenvalue weighted by atomic mass is 10.2. The first-order chi connectivity index (χ1) is 15.6. The number of para-hydroxylation sites is 2. The van der Waals surface area contributed by atoms with E-state index in [1.54, 1.807) is 6.07 Å². The number of aromatic nitrogens is 2. The molecule has 0 aliphatic carbocycles. The Bertz CT molecular complexity index is 1110. The van der Waals surface area contributed by atoms with E-state index in [1.165, 1.54) is 12.8 Å². The molecular formula is C24H25N5O3. The molecule has 1 atom stereocenters. The molecule has 1 unspecified atom stereocenters. The summed E-state index contributed by atoms with van der Waals surface area (Å²) in [6, 6.07) is 16.7. The van der Waals surface area contributed by atoms with Crippen molar-refractivity contribution in [2.24, 2.45) is 0 Å². The van der Waals surface area contributed by atoms with Crippen molar-refractivity contribution in [2.45, 2.75) is 25.9 Å². The molecule has 1 aromatic heterocycles. The maximum absolute atomic E-state index is 12.6. The molecule has 8 heteroatoms. The SMILES string of the molecule is Cc1cc(Nc2ccc(NC(=O)C3COc4ccccc4O3)cc2)nc(N2CCCC2)n1. The molecule has 8 nitrogen and oxygen atoms in total. The normalized spacial score (nSPS) is 17.2. The molecule has 3 aromatic rings. The molecule has 2 aliphatic rings. The van der Waals surface area contributed by atoms with Gasteiger partial charge in [0.15, 0.2) is 11.5 Å². The average molecular weight is 431 g/mol. The van der Waals surface area contributed by atoms with E-state index in [1.807, 2.05) is 55.5 Å². The number of fused-ring (bicyclic) bond motifs is 1. The summed E-state index contributed by atoms with van der Waals surface area (Å²) in [7, 11) is 0. The van der Waals surface area contributed by atoms with E-state index in [0.717, 1.165) is 36.2 Å². The minimum atomic E-state index is -0.698. The number of carbonyl (C=O) groups excluding carboxylic acids is 1. The van der Waals surface area contributed by atoms with Gasteiger partial charge in [-0.1, -0.05) is 12.1 Å². The molecule has 0 spiro atoms. The number of benzene rings is 2. The summed E-state index contributed by atoms with van der Waals surface area (Å²) in [6.07, 6.45) is 1.66. The van der Waals surface area contributed by atoms with Crippen LogP contribution < -0.4 is 25.0 Å². The van der Waals surface area contributed by atoms with Crippen molar-refractivity contribution < 1.29 is 14.3 Å². The van der Waals surface area contributed by atoms with Crippen LogP contribution in [0.25, 0.3) is 0 Å². The summed E-state index contributed by atoms with van der Waals surface area (Å²) in [5.74, 6) is 2.50. The van der Waals surface area contributed by atoms with Crippen molar-refractivity contribution >= 4 is 29.0 Å². The molecule has 0 radical (unpaired) electrons. The second kappa shape index (κ2) is 8.74. The first kappa shape index (κ1) is 20.1. The van der Waals surface area contributed by atoms with Gasteiger partial charge in [-0.05, 0) is 56.2 Å². The number of rotatable bonds is 5. The third-order valence-electron chi connectivity index (χ3n) is 5.46. The van der Waals surface area contributed by atoms with Crippen LogP contribution in [0.2, 0.25) is 0 Å². The smallest absolute Gasteiger partial charge is 0.269 e. The van der Waals surface area contributed by atoms with E-state index >= 15 is 0 Å². The van der Waals surface area contributed by atoms with Crippen LogP contribution >= 0.6 is 0 Å². The molecule has 1 fully saturated rings. The first-order valence-electron chi connectivity index (χ1n) is 10.8. The number of ether oxygens (including phenoxy) is 2.